The smallest absolute Gasteiger partial charge is 0.226 e. The fourth-order valence-corrected chi connectivity index (χ4v) is 3.86. The third-order valence-electron chi connectivity index (χ3n) is 5.07. The quantitative estimate of drug-likeness (QED) is 0.925. The van der Waals surface area contributed by atoms with E-state index in [9.17, 15) is 4.79 Å². The summed E-state index contributed by atoms with van der Waals surface area (Å²) >= 11 is 0. The van der Waals surface area contributed by atoms with Gasteiger partial charge in [0, 0.05) is 18.5 Å². The summed E-state index contributed by atoms with van der Waals surface area (Å²) in [5.41, 5.74) is 2.81. The zero-order valence-electron chi connectivity index (χ0n) is 13.0. The molecule has 0 bridgehead atoms. The Morgan fingerprint density at radius 3 is 2.62 bits per heavy atom. The number of nitrogens with zero attached hydrogens (tertiary/aromatic N) is 1. The van der Waals surface area contributed by atoms with Crippen LogP contribution in [-0.2, 0) is 17.6 Å². The summed E-state index contributed by atoms with van der Waals surface area (Å²) < 4.78 is 0. The van der Waals surface area contributed by atoms with Crippen LogP contribution in [0, 0.1) is 5.92 Å². The van der Waals surface area contributed by atoms with Crippen LogP contribution in [0.1, 0.15) is 37.3 Å². The number of rotatable bonds is 3. The number of carbonyl (C=O) groups is 1. The molecule has 1 heterocycles. The van der Waals surface area contributed by atoms with E-state index in [2.05, 4.69) is 41.4 Å². The van der Waals surface area contributed by atoms with Crippen molar-refractivity contribution < 1.29 is 4.79 Å². The predicted molar refractivity (Wildman–Crippen MR) is 85.2 cm³/mol. The molecule has 1 saturated heterocycles. The van der Waals surface area contributed by atoms with Crippen LogP contribution in [-0.4, -0.2) is 36.5 Å². The fraction of sp³-hybridized carbons (Fsp3) is 0.611. The van der Waals surface area contributed by atoms with Crippen molar-refractivity contribution in [3.63, 3.8) is 0 Å². The number of carbonyl (C=O) groups excluding carboxylic acids is 1. The minimum atomic E-state index is 0.190. The Morgan fingerprint density at radius 2 is 1.90 bits per heavy atom. The lowest BCUT2D eigenvalue weighted by Crippen LogP contribution is -2.48. The lowest BCUT2D eigenvalue weighted by atomic mass is 9.83. The number of benzene rings is 1. The summed E-state index contributed by atoms with van der Waals surface area (Å²) in [5, 5.41) is 3.39. The summed E-state index contributed by atoms with van der Waals surface area (Å²) in [5.74, 6) is 0.577. The minimum Gasteiger partial charge on any atom is -0.340 e. The van der Waals surface area contributed by atoms with E-state index in [0.29, 0.717) is 11.9 Å². The molecule has 114 valence electrons. The third kappa shape index (κ3) is 3.13. The predicted octanol–water partition coefficient (Wildman–Crippen LogP) is 2.39. The average molecular weight is 286 g/mol. The largest absolute Gasteiger partial charge is 0.340 e. The molecular weight excluding hydrogens is 260 g/mol. The highest BCUT2D eigenvalue weighted by Gasteiger charge is 2.31. The minimum absolute atomic E-state index is 0.190. The molecule has 1 aliphatic heterocycles. The van der Waals surface area contributed by atoms with Gasteiger partial charge in [-0.15, -0.1) is 0 Å². The second-order valence-corrected chi connectivity index (χ2v) is 6.31. The first-order chi connectivity index (χ1) is 10.3. The number of fused-ring (bicyclic) bond motifs is 1. The molecular formula is C18H26N2O. The Kier molecular flexibility index (Phi) is 4.59. The molecule has 1 amide bonds. The second-order valence-electron chi connectivity index (χ2n) is 6.31. The van der Waals surface area contributed by atoms with Crippen molar-refractivity contribution in [3.8, 4) is 0 Å². The summed E-state index contributed by atoms with van der Waals surface area (Å²) in [6.45, 7) is 5.06. The van der Waals surface area contributed by atoms with E-state index in [0.717, 1.165) is 51.7 Å². The number of piperidine rings is 1. The summed E-state index contributed by atoms with van der Waals surface area (Å²) in [7, 11) is 0. The molecule has 0 radical (unpaired) electrons. The van der Waals surface area contributed by atoms with Gasteiger partial charge in [-0.3, -0.25) is 4.79 Å². The highest BCUT2D eigenvalue weighted by Crippen LogP contribution is 2.28. The molecule has 1 atom stereocenters. The number of amides is 1. The van der Waals surface area contributed by atoms with Crippen molar-refractivity contribution >= 4 is 5.91 Å². The van der Waals surface area contributed by atoms with Gasteiger partial charge in [-0.1, -0.05) is 24.3 Å². The highest BCUT2D eigenvalue weighted by atomic mass is 16.2. The molecule has 3 rings (SSSR count). The maximum absolute atomic E-state index is 12.9. The molecule has 3 nitrogen and oxygen atoms in total. The van der Waals surface area contributed by atoms with Crippen LogP contribution < -0.4 is 5.32 Å². The van der Waals surface area contributed by atoms with Crippen molar-refractivity contribution in [2.75, 3.05) is 19.6 Å². The average Bonchev–Trinajstić information content (AvgIpc) is 2.56. The molecule has 0 spiro atoms. The van der Waals surface area contributed by atoms with Gasteiger partial charge in [0.25, 0.3) is 0 Å². The van der Waals surface area contributed by atoms with Crippen LogP contribution in [0.4, 0.5) is 0 Å². The van der Waals surface area contributed by atoms with E-state index < -0.39 is 0 Å². The molecule has 1 aromatic rings. The normalized spacial score (nSPS) is 22.6. The number of hydrogen-bond acceptors (Lipinski definition) is 2. The van der Waals surface area contributed by atoms with Crippen molar-refractivity contribution in [2.24, 2.45) is 5.92 Å². The van der Waals surface area contributed by atoms with Crippen LogP contribution in [0.15, 0.2) is 24.3 Å². The van der Waals surface area contributed by atoms with Crippen LogP contribution in [0.5, 0.6) is 0 Å². The Balaban J connectivity index is 1.69. The SMILES string of the molecule is CCN(C(=O)C1CCc2ccccc2C1)C1CCNCC1. The number of nitrogens with one attached hydrogen (secondary N) is 1. The van der Waals surface area contributed by atoms with E-state index in [4.69, 9.17) is 0 Å². The van der Waals surface area contributed by atoms with Crippen molar-refractivity contribution in [1.29, 1.82) is 0 Å². The molecule has 3 heteroatoms. The summed E-state index contributed by atoms with van der Waals surface area (Å²) in [4.78, 5) is 15.1. The Hall–Kier alpha value is -1.35. The van der Waals surface area contributed by atoms with Crippen molar-refractivity contribution in [2.45, 2.75) is 45.1 Å². The van der Waals surface area contributed by atoms with E-state index in [1.165, 1.54) is 11.1 Å². The Morgan fingerprint density at radius 1 is 1.19 bits per heavy atom. The van der Waals surface area contributed by atoms with Gasteiger partial charge in [-0.05, 0) is 63.2 Å². The second kappa shape index (κ2) is 6.61. The van der Waals surface area contributed by atoms with E-state index in [-0.39, 0.29) is 5.92 Å². The van der Waals surface area contributed by atoms with Crippen LogP contribution in [0.2, 0.25) is 0 Å². The van der Waals surface area contributed by atoms with E-state index >= 15 is 0 Å². The first kappa shape index (κ1) is 14.6. The van der Waals surface area contributed by atoms with E-state index in [1.54, 1.807) is 0 Å². The van der Waals surface area contributed by atoms with Gasteiger partial charge < -0.3 is 10.2 Å². The maximum atomic E-state index is 12.9. The molecule has 2 aliphatic rings. The van der Waals surface area contributed by atoms with Gasteiger partial charge in [0.15, 0.2) is 0 Å². The van der Waals surface area contributed by atoms with Gasteiger partial charge >= 0.3 is 0 Å². The lowest BCUT2D eigenvalue weighted by Gasteiger charge is -2.37. The molecule has 1 unspecified atom stereocenters. The van der Waals surface area contributed by atoms with Crippen molar-refractivity contribution in [1.82, 2.24) is 10.2 Å². The Bertz CT molecular complexity index is 494. The van der Waals surface area contributed by atoms with Gasteiger partial charge in [0.1, 0.15) is 0 Å². The summed E-state index contributed by atoms with van der Waals surface area (Å²) in [6, 6.07) is 9.04. The molecule has 0 aromatic heterocycles. The van der Waals surface area contributed by atoms with Crippen LogP contribution in [0.3, 0.4) is 0 Å². The lowest BCUT2D eigenvalue weighted by molar-refractivity contribution is -0.138. The molecule has 21 heavy (non-hydrogen) atoms. The first-order valence-electron chi connectivity index (χ1n) is 8.37. The van der Waals surface area contributed by atoms with Crippen molar-refractivity contribution in [3.05, 3.63) is 35.4 Å². The van der Waals surface area contributed by atoms with Gasteiger partial charge in [-0.2, -0.15) is 0 Å². The molecule has 1 N–H and O–H groups in total. The number of aryl methyl sites for hydroxylation is 1. The maximum Gasteiger partial charge on any atom is 0.226 e. The van der Waals surface area contributed by atoms with Gasteiger partial charge in [-0.25, -0.2) is 0 Å². The Labute approximate surface area is 127 Å². The molecule has 1 aromatic carbocycles. The fourth-order valence-electron chi connectivity index (χ4n) is 3.86. The van der Waals surface area contributed by atoms with Gasteiger partial charge in [0.05, 0.1) is 0 Å². The van der Waals surface area contributed by atoms with Crippen LogP contribution in [0.25, 0.3) is 0 Å². The zero-order valence-corrected chi connectivity index (χ0v) is 13.0. The molecule has 1 fully saturated rings. The standard InChI is InChI=1S/C18H26N2O/c1-2-20(17-9-11-19-12-10-17)18(21)16-8-7-14-5-3-4-6-15(14)13-16/h3-6,16-17,19H,2,7-13H2,1H3. The number of hydrogen-bond donors (Lipinski definition) is 1. The monoisotopic (exact) mass is 286 g/mol. The topological polar surface area (TPSA) is 32.3 Å². The van der Waals surface area contributed by atoms with Gasteiger partial charge in [0.2, 0.25) is 5.91 Å². The molecule has 1 aliphatic carbocycles. The summed E-state index contributed by atoms with van der Waals surface area (Å²) in [6.07, 6.45) is 5.19. The van der Waals surface area contributed by atoms with E-state index in [1.807, 2.05) is 0 Å². The highest BCUT2D eigenvalue weighted by molar-refractivity contribution is 5.80. The van der Waals surface area contributed by atoms with Crippen LogP contribution >= 0.6 is 0 Å². The zero-order chi connectivity index (χ0) is 14.7. The third-order valence-corrected chi connectivity index (χ3v) is 5.07. The first-order valence-corrected chi connectivity index (χ1v) is 8.37. The molecule has 0 saturated carbocycles.